The smallest absolute Gasteiger partial charge is 0.386 e. The number of hydrogen-bond donors (Lipinski definition) is 2. The van der Waals surface area contributed by atoms with Crippen LogP contribution in [0.25, 0.3) is 0 Å². The third kappa shape index (κ3) is 2.94. The molecule has 0 saturated carbocycles. The van der Waals surface area contributed by atoms with E-state index < -0.39 is 22.8 Å². The molecular weight excluding hydrogens is 369 g/mol. The van der Waals surface area contributed by atoms with Gasteiger partial charge < -0.3 is 15.2 Å². The molecule has 0 bridgehead atoms. The molecule has 2 aromatic heterocycles. The minimum absolute atomic E-state index is 0.00952. The van der Waals surface area contributed by atoms with Gasteiger partial charge in [0.05, 0.1) is 18.3 Å². The maximum Gasteiger partial charge on any atom is 0.425 e. The largest absolute Gasteiger partial charge is 0.425 e. The molecule has 2 aromatic rings. The van der Waals surface area contributed by atoms with Gasteiger partial charge in [-0.15, -0.1) is 16.4 Å². The van der Waals surface area contributed by atoms with E-state index in [2.05, 4.69) is 15.6 Å². The van der Waals surface area contributed by atoms with Crippen LogP contribution in [0.5, 0.6) is 0 Å². The molecule has 6 nitrogen and oxygen atoms in total. The minimum atomic E-state index is -4.44. The van der Waals surface area contributed by atoms with Gasteiger partial charge in [0.25, 0.3) is 0 Å². The van der Waals surface area contributed by atoms with Gasteiger partial charge in [0.2, 0.25) is 0 Å². The number of halogens is 3. The first-order chi connectivity index (χ1) is 12.2. The number of nitrogens with zero attached hydrogens (tertiary/aromatic N) is 3. The fraction of sp³-hybridized carbons (Fsp3) is 0.625. The Morgan fingerprint density at radius 1 is 1.42 bits per heavy atom. The molecular formula is C16H19F3N4O2S. The monoisotopic (exact) mass is 388 g/mol. The van der Waals surface area contributed by atoms with E-state index in [0.717, 1.165) is 11.8 Å². The normalized spacial score (nSPS) is 32.0. The fourth-order valence-electron chi connectivity index (χ4n) is 3.93. The van der Waals surface area contributed by atoms with Crippen LogP contribution in [0.2, 0.25) is 0 Å². The minimum Gasteiger partial charge on any atom is -0.386 e. The van der Waals surface area contributed by atoms with E-state index in [1.807, 2.05) is 6.92 Å². The summed E-state index contributed by atoms with van der Waals surface area (Å²) in [5.41, 5.74) is 0.193. The zero-order chi connectivity index (χ0) is 18.7. The lowest BCUT2D eigenvalue weighted by Crippen LogP contribution is -2.50. The first-order valence-corrected chi connectivity index (χ1v) is 9.15. The van der Waals surface area contributed by atoms with Crippen LogP contribution in [0.4, 0.5) is 13.2 Å². The standard InChI is InChI=1S/C16H19F3N4O2S/c1-8-4-15(5-10(20-8)11-6-23(2)22-21-11)14-9(12(24)7-25-15)3-13(26-14)16(17,18)19/h3,6,8,10,12,20,24H,4-5,7H2,1-2H3. The van der Waals surface area contributed by atoms with Crippen molar-refractivity contribution in [3.63, 3.8) is 0 Å². The molecule has 1 fully saturated rings. The average Bonchev–Trinajstić information content (AvgIpc) is 3.18. The zero-order valence-electron chi connectivity index (χ0n) is 14.2. The molecule has 4 rings (SSSR count). The average molecular weight is 388 g/mol. The Labute approximate surface area is 152 Å². The Hall–Kier alpha value is -1.49. The molecule has 142 valence electrons. The van der Waals surface area contributed by atoms with Crippen LogP contribution in [0.15, 0.2) is 12.3 Å². The Kier molecular flexibility index (Phi) is 4.14. The quantitative estimate of drug-likeness (QED) is 0.786. The molecule has 1 saturated heterocycles. The van der Waals surface area contributed by atoms with Crippen molar-refractivity contribution in [1.29, 1.82) is 0 Å². The van der Waals surface area contributed by atoms with Crippen molar-refractivity contribution in [1.82, 2.24) is 20.3 Å². The van der Waals surface area contributed by atoms with Crippen LogP contribution in [0.1, 0.15) is 52.9 Å². The molecule has 4 atom stereocenters. The molecule has 10 heteroatoms. The highest BCUT2D eigenvalue weighted by Gasteiger charge is 2.50. The summed E-state index contributed by atoms with van der Waals surface area (Å²) in [6.45, 7) is 1.96. The molecule has 4 heterocycles. The van der Waals surface area contributed by atoms with E-state index in [9.17, 15) is 18.3 Å². The molecule has 2 N–H and O–H groups in total. The maximum atomic E-state index is 13.2. The molecule has 4 unspecified atom stereocenters. The third-order valence-corrected chi connectivity index (χ3v) is 6.34. The van der Waals surface area contributed by atoms with Crippen LogP contribution in [-0.2, 0) is 23.6 Å². The second-order valence-electron chi connectivity index (χ2n) is 7.06. The number of aliphatic hydroxyl groups is 1. The number of rotatable bonds is 1. The molecule has 0 radical (unpaired) electrons. The van der Waals surface area contributed by atoms with Crippen molar-refractivity contribution in [2.45, 2.75) is 49.7 Å². The summed E-state index contributed by atoms with van der Waals surface area (Å²) in [7, 11) is 1.76. The number of thiophene rings is 1. The van der Waals surface area contributed by atoms with Gasteiger partial charge in [-0.2, -0.15) is 13.2 Å². The molecule has 0 aromatic carbocycles. The van der Waals surface area contributed by atoms with Gasteiger partial charge in [-0.25, -0.2) is 0 Å². The summed E-state index contributed by atoms with van der Waals surface area (Å²) in [4.78, 5) is -0.223. The summed E-state index contributed by atoms with van der Waals surface area (Å²) in [6, 6.07) is 0.890. The van der Waals surface area contributed by atoms with E-state index in [4.69, 9.17) is 4.74 Å². The predicted octanol–water partition coefficient (Wildman–Crippen LogP) is 2.67. The number of aromatic nitrogens is 3. The lowest BCUT2D eigenvalue weighted by atomic mass is 9.78. The van der Waals surface area contributed by atoms with E-state index in [-0.39, 0.29) is 18.7 Å². The van der Waals surface area contributed by atoms with E-state index in [1.165, 1.54) is 0 Å². The van der Waals surface area contributed by atoms with Gasteiger partial charge in [0, 0.05) is 36.1 Å². The summed E-state index contributed by atoms with van der Waals surface area (Å²) in [5.74, 6) is 0. The van der Waals surface area contributed by atoms with Gasteiger partial charge in [-0.05, 0) is 19.4 Å². The van der Waals surface area contributed by atoms with Crippen molar-refractivity contribution >= 4 is 11.3 Å². The highest BCUT2D eigenvalue weighted by molar-refractivity contribution is 7.12. The van der Waals surface area contributed by atoms with Crippen LogP contribution >= 0.6 is 11.3 Å². The molecule has 2 aliphatic rings. The SMILES string of the molecule is CC1CC2(CC(c3cn(C)nn3)N1)OCC(O)c1cc(C(F)(F)F)sc12. The van der Waals surface area contributed by atoms with E-state index in [0.29, 0.717) is 34.6 Å². The van der Waals surface area contributed by atoms with Crippen LogP contribution in [-0.4, -0.2) is 32.7 Å². The van der Waals surface area contributed by atoms with Crippen molar-refractivity contribution in [2.75, 3.05) is 6.61 Å². The Balaban J connectivity index is 1.76. The highest BCUT2D eigenvalue weighted by atomic mass is 32.1. The number of ether oxygens (including phenoxy) is 1. The van der Waals surface area contributed by atoms with Crippen LogP contribution in [0, 0.1) is 0 Å². The maximum absolute atomic E-state index is 13.2. The highest BCUT2D eigenvalue weighted by Crippen LogP contribution is 2.52. The number of alkyl halides is 3. The Bertz CT molecular complexity index is 821. The third-order valence-electron chi connectivity index (χ3n) is 4.96. The molecule has 26 heavy (non-hydrogen) atoms. The van der Waals surface area contributed by atoms with E-state index >= 15 is 0 Å². The number of piperidine rings is 1. The van der Waals surface area contributed by atoms with Crippen molar-refractivity contribution < 1.29 is 23.0 Å². The second-order valence-corrected chi connectivity index (χ2v) is 8.11. The lowest BCUT2D eigenvalue weighted by molar-refractivity contribution is -0.134. The van der Waals surface area contributed by atoms with Crippen LogP contribution < -0.4 is 5.32 Å². The molecule has 1 spiro atoms. The topological polar surface area (TPSA) is 72.2 Å². The number of nitrogens with one attached hydrogen (secondary N) is 1. The summed E-state index contributed by atoms with van der Waals surface area (Å²) in [5, 5.41) is 21.7. The van der Waals surface area contributed by atoms with Gasteiger partial charge in [0.15, 0.2) is 0 Å². The van der Waals surface area contributed by atoms with Crippen molar-refractivity contribution in [3.8, 4) is 0 Å². The first-order valence-electron chi connectivity index (χ1n) is 8.34. The number of aryl methyl sites for hydroxylation is 1. The number of fused-ring (bicyclic) bond motifs is 2. The lowest BCUT2D eigenvalue weighted by Gasteiger charge is -2.46. The number of hydrogen-bond acceptors (Lipinski definition) is 6. The van der Waals surface area contributed by atoms with Crippen molar-refractivity contribution in [3.05, 3.63) is 33.3 Å². The number of aliphatic hydroxyl groups excluding tert-OH is 1. The second kappa shape index (κ2) is 6.01. The van der Waals surface area contributed by atoms with Gasteiger partial charge >= 0.3 is 6.18 Å². The Morgan fingerprint density at radius 3 is 2.85 bits per heavy atom. The van der Waals surface area contributed by atoms with E-state index in [1.54, 1.807) is 17.9 Å². The zero-order valence-corrected chi connectivity index (χ0v) is 15.1. The first kappa shape index (κ1) is 17.9. The summed E-state index contributed by atoms with van der Waals surface area (Å²) in [6.07, 6.45) is -2.72. The fourth-order valence-corrected chi connectivity index (χ4v) is 5.18. The van der Waals surface area contributed by atoms with Crippen LogP contribution in [0.3, 0.4) is 0 Å². The molecule has 0 amide bonds. The summed E-state index contributed by atoms with van der Waals surface area (Å²) < 4.78 is 47.3. The summed E-state index contributed by atoms with van der Waals surface area (Å²) >= 11 is 0.677. The van der Waals surface area contributed by atoms with Gasteiger partial charge in [-0.1, -0.05) is 5.21 Å². The molecule has 2 aliphatic heterocycles. The van der Waals surface area contributed by atoms with Gasteiger partial charge in [-0.3, -0.25) is 4.68 Å². The van der Waals surface area contributed by atoms with Gasteiger partial charge in [0.1, 0.15) is 16.6 Å². The Morgan fingerprint density at radius 2 is 2.19 bits per heavy atom. The van der Waals surface area contributed by atoms with Crippen molar-refractivity contribution in [2.24, 2.45) is 7.05 Å². The predicted molar refractivity (Wildman–Crippen MR) is 87.5 cm³/mol. The molecule has 0 aliphatic carbocycles.